The topological polar surface area (TPSA) is 33.5 Å². The second-order valence-electron chi connectivity index (χ2n) is 6.74. The van der Waals surface area contributed by atoms with Crippen LogP contribution in [-0.4, -0.2) is 25.5 Å². The molecule has 3 rings (SSSR count). The van der Waals surface area contributed by atoms with Gasteiger partial charge in [-0.1, -0.05) is 43.2 Å². The first-order chi connectivity index (χ1) is 10.3. The molecule has 2 fully saturated rings. The van der Waals surface area contributed by atoms with E-state index in [1.807, 2.05) is 18.2 Å². The highest BCUT2D eigenvalue weighted by Crippen LogP contribution is 2.32. The maximum atomic E-state index is 12.1. The van der Waals surface area contributed by atoms with E-state index in [1.54, 1.807) is 0 Å². The molecule has 3 nitrogen and oxygen atoms in total. The monoisotopic (exact) mass is 287 g/mol. The number of fused-ring (bicyclic) bond motifs is 1. The summed E-state index contributed by atoms with van der Waals surface area (Å²) in [6.45, 7) is 3.69. The van der Waals surface area contributed by atoms with Crippen LogP contribution in [-0.2, 0) is 11.3 Å². The number of amides is 1. The van der Waals surface area contributed by atoms with E-state index in [1.165, 1.54) is 55.7 Å². The van der Waals surface area contributed by atoms with Gasteiger partial charge in [-0.3, -0.25) is 4.79 Å². The summed E-state index contributed by atoms with van der Waals surface area (Å²) in [5.74, 6) is 2.03. The zero-order valence-electron chi connectivity index (χ0n) is 12.8. The molecule has 21 heavy (non-hydrogen) atoms. The molecule has 1 saturated heterocycles. The Morgan fingerprint density at radius 1 is 1.10 bits per heavy atom. The number of rotatable bonds is 4. The van der Waals surface area contributed by atoms with Crippen molar-refractivity contribution >= 4 is 5.91 Å². The third kappa shape index (κ3) is 4.07. The lowest BCUT2D eigenvalue weighted by Gasteiger charge is -2.38. The van der Waals surface area contributed by atoms with Gasteiger partial charge < -0.3 is 10.2 Å². The minimum absolute atomic E-state index is 0.197. The van der Waals surface area contributed by atoms with Gasteiger partial charge in [-0.05, 0) is 30.7 Å². The van der Waals surface area contributed by atoms with E-state index in [0.717, 1.165) is 11.8 Å². The van der Waals surface area contributed by atoms with Crippen molar-refractivity contribution < 1.29 is 9.69 Å². The lowest BCUT2D eigenvalue weighted by Crippen LogP contribution is -3.15. The fourth-order valence-corrected chi connectivity index (χ4v) is 4.04. The second-order valence-corrected chi connectivity index (χ2v) is 6.74. The molecule has 3 atom stereocenters. The fraction of sp³-hybridized carbons (Fsp3) is 0.611. The lowest BCUT2D eigenvalue weighted by atomic mass is 9.75. The summed E-state index contributed by atoms with van der Waals surface area (Å²) in [5.41, 5.74) is 1.17. The average molecular weight is 287 g/mol. The molecule has 0 aromatic heterocycles. The Kier molecular flexibility index (Phi) is 4.91. The Morgan fingerprint density at radius 2 is 1.86 bits per heavy atom. The van der Waals surface area contributed by atoms with Gasteiger partial charge in [-0.25, -0.2) is 0 Å². The highest BCUT2D eigenvalue weighted by molar-refractivity contribution is 5.76. The van der Waals surface area contributed by atoms with Crippen LogP contribution in [0, 0.1) is 11.8 Å². The van der Waals surface area contributed by atoms with E-state index in [2.05, 4.69) is 17.4 Å². The van der Waals surface area contributed by atoms with Crippen LogP contribution in [0.15, 0.2) is 30.3 Å². The first-order valence-electron chi connectivity index (χ1n) is 8.45. The minimum atomic E-state index is 0.197. The van der Waals surface area contributed by atoms with Crippen molar-refractivity contribution in [1.82, 2.24) is 5.32 Å². The van der Waals surface area contributed by atoms with Crippen LogP contribution in [0.5, 0.6) is 0 Å². The molecule has 1 aromatic carbocycles. The van der Waals surface area contributed by atoms with Crippen molar-refractivity contribution in [3.05, 3.63) is 35.9 Å². The molecule has 1 saturated carbocycles. The molecule has 2 N–H and O–H groups in total. The predicted octanol–water partition coefficient (Wildman–Crippen LogP) is 1.40. The SMILES string of the molecule is O=C(C[NH+]1CC[C@@H]2CCCC[C@@H]2C1)NCc1ccccc1. The van der Waals surface area contributed by atoms with Gasteiger partial charge in [0.25, 0.3) is 5.91 Å². The minimum Gasteiger partial charge on any atom is -0.347 e. The number of carbonyl (C=O) groups is 1. The first-order valence-corrected chi connectivity index (χ1v) is 8.45. The molecule has 1 aliphatic heterocycles. The summed E-state index contributed by atoms with van der Waals surface area (Å²) in [6, 6.07) is 10.1. The van der Waals surface area contributed by atoms with E-state index in [9.17, 15) is 4.79 Å². The Morgan fingerprint density at radius 3 is 2.67 bits per heavy atom. The molecule has 0 radical (unpaired) electrons. The number of carbonyl (C=O) groups excluding carboxylic acids is 1. The molecule has 2 aliphatic rings. The van der Waals surface area contributed by atoms with E-state index in [0.29, 0.717) is 13.1 Å². The third-order valence-corrected chi connectivity index (χ3v) is 5.23. The molecule has 0 bridgehead atoms. The van der Waals surface area contributed by atoms with E-state index < -0.39 is 0 Å². The Bertz CT molecular complexity index is 460. The molecular formula is C18H27N2O+. The smallest absolute Gasteiger partial charge is 0.275 e. The number of likely N-dealkylation sites (tertiary alicyclic amines) is 1. The molecule has 1 aliphatic carbocycles. The summed E-state index contributed by atoms with van der Waals surface area (Å²) in [5, 5.41) is 3.06. The first kappa shape index (κ1) is 14.6. The summed E-state index contributed by atoms with van der Waals surface area (Å²) in [6.07, 6.45) is 6.96. The zero-order chi connectivity index (χ0) is 14.5. The van der Waals surface area contributed by atoms with Crippen LogP contribution in [0.4, 0.5) is 0 Å². The number of hydrogen-bond acceptors (Lipinski definition) is 1. The van der Waals surface area contributed by atoms with Crippen LogP contribution in [0.2, 0.25) is 0 Å². The molecule has 1 unspecified atom stereocenters. The molecule has 3 heteroatoms. The van der Waals surface area contributed by atoms with Gasteiger partial charge in [-0.15, -0.1) is 0 Å². The van der Waals surface area contributed by atoms with Crippen molar-refractivity contribution in [2.45, 2.75) is 38.6 Å². The fourth-order valence-electron chi connectivity index (χ4n) is 4.04. The predicted molar refractivity (Wildman–Crippen MR) is 83.9 cm³/mol. The van der Waals surface area contributed by atoms with E-state index >= 15 is 0 Å². The van der Waals surface area contributed by atoms with Crippen LogP contribution in [0.1, 0.15) is 37.7 Å². The number of benzene rings is 1. The molecule has 1 heterocycles. The number of hydrogen-bond donors (Lipinski definition) is 2. The van der Waals surface area contributed by atoms with Crippen molar-refractivity contribution in [3.63, 3.8) is 0 Å². The summed E-state index contributed by atoms with van der Waals surface area (Å²) >= 11 is 0. The Hall–Kier alpha value is -1.35. The van der Waals surface area contributed by atoms with E-state index in [-0.39, 0.29) is 5.91 Å². The lowest BCUT2D eigenvalue weighted by molar-refractivity contribution is -0.902. The van der Waals surface area contributed by atoms with Crippen LogP contribution in [0.3, 0.4) is 0 Å². The van der Waals surface area contributed by atoms with Gasteiger partial charge in [0.2, 0.25) is 0 Å². The van der Waals surface area contributed by atoms with Gasteiger partial charge >= 0.3 is 0 Å². The molecule has 1 aromatic rings. The quantitative estimate of drug-likeness (QED) is 0.862. The van der Waals surface area contributed by atoms with Crippen LogP contribution >= 0.6 is 0 Å². The Balaban J connectivity index is 1.42. The Labute approximate surface area is 127 Å². The third-order valence-electron chi connectivity index (χ3n) is 5.23. The number of piperidine rings is 1. The molecular weight excluding hydrogens is 260 g/mol. The normalized spacial score (nSPS) is 28.7. The summed E-state index contributed by atoms with van der Waals surface area (Å²) in [4.78, 5) is 13.6. The van der Waals surface area contributed by atoms with Crippen molar-refractivity contribution in [2.24, 2.45) is 11.8 Å². The highest BCUT2D eigenvalue weighted by atomic mass is 16.2. The maximum Gasteiger partial charge on any atom is 0.275 e. The van der Waals surface area contributed by atoms with Crippen molar-refractivity contribution in [1.29, 1.82) is 0 Å². The van der Waals surface area contributed by atoms with Gasteiger partial charge in [0, 0.05) is 12.5 Å². The van der Waals surface area contributed by atoms with E-state index in [4.69, 9.17) is 0 Å². The van der Waals surface area contributed by atoms with Crippen LogP contribution in [0.25, 0.3) is 0 Å². The van der Waals surface area contributed by atoms with Gasteiger partial charge in [0.1, 0.15) is 0 Å². The van der Waals surface area contributed by atoms with Gasteiger partial charge in [-0.2, -0.15) is 0 Å². The number of nitrogens with one attached hydrogen (secondary N) is 2. The van der Waals surface area contributed by atoms with Crippen molar-refractivity contribution in [3.8, 4) is 0 Å². The van der Waals surface area contributed by atoms with Gasteiger partial charge in [0.15, 0.2) is 6.54 Å². The highest BCUT2D eigenvalue weighted by Gasteiger charge is 2.34. The number of quaternary nitrogens is 1. The van der Waals surface area contributed by atoms with Gasteiger partial charge in [0.05, 0.1) is 13.1 Å². The maximum absolute atomic E-state index is 12.1. The van der Waals surface area contributed by atoms with Crippen LogP contribution < -0.4 is 10.2 Å². The zero-order valence-corrected chi connectivity index (χ0v) is 12.8. The van der Waals surface area contributed by atoms with Crippen molar-refractivity contribution in [2.75, 3.05) is 19.6 Å². The molecule has 114 valence electrons. The largest absolute Gasteiger partial charge is 0.347 e. The standard InChI is InChI=1S/C18H26N2O/c21-18(19-12-15-6-2-1-3-7-15)14-20-11-10-16-8-4-5-9-17(16)13-20/h1-3,6-7,16-17H,4-5,8-14H2,(H,19,21)/p+1/t16-,17+/m0/s1. The second kappa shape index (κ2) is 7.08. The average Bonchev–Trinajstić information content (AvgIpc) is 2.54. The summed E-state index contributed by atoms with van der Waals surface area (Å²) in [7, 11) is 0. The molecule has 1 amide bonds. The molecule has 0 spiro atoms. The summed E-state index contributed by atoms with van der Waals surface area (Å²) < 4.78 is 0.